The van der Waals surface area contributed by atoms with Gasteiger partial charge in [-0.05, 0) is 18.3 Å². The van der Waals surface area contributed by atoms with Crippen LogP contribution in [-0.4, -0.2) is 0 Å². The fourth-order valence-corrected chi connectivity index (χ4v) is 1.93. The summed E-state index contributed by atoms with van der Waals surface area (Å²) in [6.07, 6.45) is 9.67. The molecule has 0 aromatic heterocycles. The van der Waals surface area contributed by atoms with Gasteiger partial charge in [-0.1, -0.05) is 123 Å². The molecule has 0 heteroatoms. The van der Waals surface area contributed by atoms with E-state index in [0.717, 1.165) is 11.8 Å². The molecule has 0 N–H and O–H groups in total. The van der Waals surface area contributed by atoms with Crippen LogP contribution in [0.1, 0.15) is 129 Å². The molecule has 138 valence electrons. The number of rotatable bonds is 7. The molecule has 0 saturated carbocycles. The molecular formula is C21H54. The first-order valence-corrected chi connectivity index (χ1v) is 9.15. The second kappa shape index (κ2) is 42.7. The van der Waals surface area contributed by atoms with Crippen LogP contribution in [0.5, 0.6) is 0 Å². The van der Waals surface area contributed by atoms with E-state index in [9.17, 15) is 0 Å². The molecule has 0 rings (SSSR count). The van der Waals surface area contributed by atoms with Crippen LogP contribution in [0, 0.1) is 11.8 Å². The summed E-state index contributed by atoms with van der Waals surface area (Å²) >= 11 is 0. The van der Waals surface area contributed by atoms with Crippen molar-refractivity contribution >= 4 is 0 Å². The van der Waals surface area contributed by atoms with E-state index in [0.29, 0.717) is 0 Å². The zero-order valence-corrected chi connectivity index (χ0v) is 16.1. The first-order valence-electron chi connectivity index (χ1n) is 9.15. The van der Waals surface area contributed by atoms with Crippen molar-refractivity contribution in [1.82, 2.24) is 0 Å². The predicted octanol–water partition coefficient (Wildman–Crippen LogP) is 9.38. The highest BCUT2D eigenvalue weighted by atomic mass is 14.2. The largest absolute Gasteiger partial charge is 0.0776 e. The van der Waals surface area contributed by atoms with E-state index in [2.05, 4.69) is 41.5 Å². The third kappa shape index (κ3) is 45.0. The predicted molar refractivity (Wildman–Crippen MR) is 110 cm³/mol. The lowest BCUT2D eigenvalue weighted by Crippen LogP contribution is -2.05. The van der Waals surface area contributed by atoms with Crippen molar-refractivity contribution < 1.29 is 0 Å². The van der Waals surface area contributed by atoms with Gasteiger partial charge in [-0.3, -0.25) is 0 Å². The number of hydrogen-bond acceptors (Lipinski definition) is 0. The Bertz CT molecular complexity index is 90.2. The highest BCUT2D eigenvalue weighted by molar-refractivity contribution is 4.62. The minimum absolute atomic E-state index is 0. The topological polar surface area (TPSA) is 0 Å². The van der Waals surface area contributed by atoms with Gasteiger partial charge in [0, 0.05) is 0 Å². The monoisotopic (exact) mass is 306 g/mol. The van der Waals surface area contributed by atoms with Crippen LogP contribution in [0.2, 0.25) is 0 Å². The molecule has 0 heterocycles. The second-order valence-electron chi connectivity index (χ2n) is 4.90. The van der Waals surface area contributed by atoms with Crippen LogP contribution in [0.25, 0.3) is 0 Å². The summed E-state index contributed by atoms with van der Waals surface area (Å²) in [5.41, 5.74) is 0. The van der Waals surface area contributed by atoms with Crippen LogP contribution in [0.4, 0.5) is 0 Å². The summed E-state index contributed by atoms with van der Waals surface area (Å²) in [6.45, 7) is 21.6. The molecule has 0 aliphatic rings. The van der Waals surface area contributed by atoms with Gasteiger partial charge >= 0.3 is 0 Å². The minimum atomic E-state index is 0. The van der Waals surface area contributed by atoms with Crippen molar-refractivity contribution in [2.24, 2.45) is 11.8 Å². The van der Waals surface area contributed by atoms with Gasteiger partial charge < -0.3 is 0 Å². The molecular weight excluding hydrogens is 252 g/mol. The fraction of sp³-hybridized carbons (Fsp3) is 1.00. The Morgan fingerprint density at radius 1 is 0.667 bits per heavy atom. The summed E-state index contributed by atoms with van der Waals surface area (Å²) in [6, 6.07) is 0. The maximum Gasteiger partial charge on any atom is -0.0412 e. The van der Waals surface area contributed by atoms with Gasteiger partial charge in [0.05, 0.1) is 0 Å². The van der Waals surface area contributed by atoms with Gasteiger partial charge in [-0.25, -0.2) is 0 Å². The Labute approximate surface area is 141 Å². The Hall–Kier alpha value is 0. The van der Waals surface area contributed by atoms with Gasteiger partial charge in [-0.15, -0.1) is 0 Å². The van der Waals surface area contributed by atoms with Crippen LogP contribution in [0.15, 0.2) is 0 Å². The van der Waals surface area contributed by atoms with Gasteiger partial charge in [-0.2, -0.15) is 0 Å². The fourth-order valence-electron chi connectivity index (χ4n) is 1.93. The smallest absolute Gasteiger partial charge is 0.0412 e. The molecule has 0 saturated heterocycles. The highest BCUT2D eigenvalue weighted by Gasteiger charge is 2.09. The standard InChI is InChI=1S/C12H26.C3H8.2C2H6.2CH4/c1-5-8-12(9-6-2)10-11(4)7-3;1-3-2;2*1-2;;/h11-12H,5-10H2,1-4H3;3H2,1-2H3;2*1-2H3;2*1H4. The number of hydrogen-bond donors (Lipinski definition) is 0. The first kappa shape index (κ1) is 37.3. The van der Waals surface area contributed by atoms with E-state index in [-0.39, 0.29) is 14.9 Å². The average molecular weight is 307 g/mol. The van der Waals surface area contributed by atoms with Crippen LogP contribution < -0.4 is 0 Å². The zero-order valence-electron chi connectivity index (χ0n) is 16.1. The van der Waals surface area contributed by atoms with Crippen LogP contribution in [0.3, 0.4) is 0 Å². The normalized spacial score (nSPS) is 9.29. The van der Waals surface area contributed by atoms with E-state index in [1.807, 2.05) is 27.7 Å². The maximum atomic E-state index is 2.39. The molecule has 0 spiro atoms. The molecule has 0 aromatic carbocycles. The summed E-state index contributed by atoms with van der Waals surface area (Å²) in [5.74, 6) is 1.95. The van der Waals surface area contributed by atoms with Crippen molar-refractivity contribution in [3.63, 3.8) is 0 Å². The van der Waals surface area contributed by atoms with Gasteiger partial charge in [0.1, 0.15) is 0 Å². The molecule has 0 amide bonds. The lowest BCUT2D eigenvalue weighted by molar-refractivity contribution is 0.339. The molecule has 0 fully saturated rings. The third-order valence-electron chi connectivity index (χ3n) is 2.83. The van der Waals surface area contributed by atoms with Crippen molar-refractivity contribution in [3.05, 3.63) is 0 Å². The molecule has 0 radical (unpaired) electrons. The van der Waals surface area contributed by atoms with Crippen LogP contribution >= 0.6 is 0 Å². The van der Waals surface area contributed by atoms with Gasteiger partial charge in [0.25, 0.3) is 0 Å². The van der Waals surface area contributed by atoms with Crippen molar-refractivity contribution in [2.75, 3.05) is 0 Å². The van der Waals surface area contributed by atoms with E-state index >= 15 is 0 Å². The maximum absolute atomic E-state index is 2.39. The molecule has 1 unspecified atom stereocenters. The molecule has 21 heavy (non-hydrogen) atoms. The Balaban J connectivity index is -0.0000000539. The quantitative estimate of drug-likeness (QED) is 0.439. The second-order valence-corrected chi connectivity index (χ2v) is 4.90. The van der Waals surface area contributed by atoms with Crippen molar-refractivity contribution in [3.8, 4) is 0 Å². The third-order valence-corrected chi connectivity index (χ3v) is 2.83. The molecule has 0 aromatic rings. The Morgan fingerprint density at radius 3 is 1.14 bits per heavy atom. The van der Waals surface area contributed by atoms with Gasteiger partial charge in [0.15, 0.2) is 0 Å². The minimum Gasteiger partial charge on any atom is -0.0776 e. The first-order chi connectivity index (χ1) is 9.15. The summed E-state index contributed by atoms with van der Waals surface area (Å²) in [5, 5.41) is 0. The van der Waals surface area contributed by atoms with E-state index in [4.69, 9.17) is 0 Å². The van der Waals surface area contributed by atoms with Gasteiger partial charge in [0.2, 0.25) is 0 Å². The molecule has 0 nitrogen and oxygen atoms in total. The lowest BCUT2D eigenvalue weighted by atomic mass is 9.88. The van der Waals surface area contributed by atoms with Crippen molar-refractivity contribution in [2.45, 2.75) is 129 Å². The van der Waals surface area contributed by atoms with Crippen molar-refractivity contribution in [1.29, 1.82) is 0 Å². The van der Waals surface area contributed by atoms with E-state index in [1.54, 1.807) is 0 Å². The van der Waals surface area contributed by atoms with Crippen LogP contribution in [-0.2, 0) is 0 Å². The summed E-state index contributed by atoms with van der Waals surface area (Å²) in [4.78, 5) is 0. The SMILES string of the molecule is C.C.CC.CC.CCC.CCCC(CCC)CC(C)CC. The molecule has 0 aliphatic heterocycles. The zero-order chi connectivity index (χ0) is 16.1. The van der Waals surface area contributed by atoms with E-state index < -0.39 is 0 Å². The molecule has 1 atom stereocenters. The summed E-state index contributed by atoms with van der Waals surface area (Å²) < 4.78 is 0. The molecule has 0 bridgehead atoms. The molecule has 0 aliphatic carbocycles. The Kier molecular flexibility index (Phi) is 76.0. The average Bonchev–Trinajstić information content (AvgIpc) is 2.44. The van der Waals surface area contributed by atoms with E-state index in [1.165, 1.54) is 44.9 Å². The summed E-state index contributed by atoms with van der Waals surface area (Å²) in [7, 11) is 0. The Morgan fingerprint density at radius 2 is 0.952 bits per heavy atom. The lowest BCUT2D eigenvalue weighted by Gasteiger charge is -2.18. The highest BCUT2D eigenvalue weighted by Crippen LogP contribution is 2.23.